The molecule has 0 atom stereocenters. The third-order valence-corrected chi connectivity index (χ3v) is 5.46. The molecule has 1 aliphatic rings. The molecule has 0 radical (unpaired) electrons. The van der Waals surface area contributed by atoms with Gasteiger partial charge in [0.2, 0.25) is 11.5 Å². The van der Waals surface area contributed by atoms with Crippen molar-refractivity contribution in [2.45, 2.75) is 13.8 Å². The molecule has 0 unspecified atom stereocenters. The first-order chi connectivity index (χ1) is 16.4. The zero-order valence-corrected chi connectivity index (χ0v) is 19.6. The zero-order valence-electron chi connectivity index (χ0n) is 19.6. The first-order valence-electron chi connectivity index (χ1n) is 10.5. The third-order valence-electron chi connectivity index (χ3n) is 5.46. The van der Waals surface area contributed by atoms with Gasteiger partial charge in [0.25, 0.3) is 0 Å². The number of ketones is 1. The molecule has 1 aliphatic heterocycles. The molecule has 0 aromatic heterocycles. The van der Waals surface area contributed by atoms with E-state index in [2.05, 4.69) is 0 Å². The lowest BCUT2D eigenvalue weighted by Crippen LogP contribution is -2.08. The van der Waals surface area contributed by atoms with Crippen molar-refractivity contribution in [2.24, 2.45) is 0 Å². The van der Waals surface area contributed by atoms with Crippen LogP contribution in [-0.2, 0) is 0 Å². The summed E-state index contributed by atoms with van der Waals surface area (Å²) in [5.41, 5.74) is 3.11. The number of hydrogen-bond donors (Lipinski definition) is 0. The average molecular weight is 460 g/mol. The van der Waals surface area contributed by atoms with Crippen LogP contribution in [0.1, 0.15) is 37.4 Å². The van der Waals surface area contributed by atoms with E-state index in [-0.39, 0.29) is 11.5 Å². The fraction of sp³-hybridized carbons (Fsp3) is 0.185. The normalized spacial score (nSPS) is 13.3. The molecule has 0 saturated heterocycles. The van der Waals surface area contributed by atoms with Crippen molar-refractivity contribution >= 4 is 17.8 Å². The summed E-state index contributed by atoms with van der Waals surface area (Å²) in [6.45, 7) is 3.71. The number of esters is 1. The quantitative estimate of drug-likeness (QED) is 0.285. The molecule has 3 aromatic carbocycles. The Balaban J connectivity index is 1.64. The minimum absolute atomic E-state index is 0.116. The van der Waals surface area contributed by atoms with Gasteiger partial charge in [0.15, 0.2) is 17.3 Å². The van der Waals surface area contributed by atoms with Gasteiger partial charge in [-0.1, -0.05) is 17.7 Å². The van der Waals surface area contributed by atoms with Gasteiger partial charge < -0.3 is 23.7 Å². The summed E-state index contributed by atoms with van der Waals surface area (Å²) in [7, 11) is 4.54. The molecular formula is C27H24O7. The van der Waals surface area contributed by atoms with Crippen molar-refractivity contribution in [1.82, 2.24) is 0 Å². The molecule has 34 heavy (non-hydrogen) atoms. The summed E-state index contributed by atoms with van der Waals surface area (Å²) < 4.78 is 27.6. The Morgan fingerprint density at radius 2 is 1.59 bits per heavy atom. The number of fused-ring (bicyclic) bond motifs is 1. The van der Waals surface area contributed by atoms with Gasteiger partial charge in [-0.05, 0) is 55.8 Å². The third kappa shape index (κ3) is 4.20. The number of carbonyl (C=O) groups is 2. The second-order valence-electron chi connectivity index (χ2n) is 7.73. The number of benzene rings is 3. The Kier molecular flexibility index (Phi) is 6.27. The summed E-state index contributed by atoms with van der Waals surface area (Å²) in [5, 5.41) is 0. The lowest BCUT2D eigenvalue weighted by Gasteiger charge is -2.14. The molecule has 7 heteroatoms. The topological polar surface area (TPSA) is 80.3 Å². The Bertz CT molecular complexity index is 1300. The average Bonchev–Trinajstić information content (AvgIpc) is 3.14. The van der Waals surface area contributed by atoms with Crippen molar-refractivity contribution < 1.29 is 33.3 Å². The maximum atomic E-state index is 13.1. The molecule has 4 rings (SSSR count). The number of hydrogen-bond acceptors (Lipinski definition) is 7. The molecule has 1 heterocycles. The summed E-state index contributed by atoms with van der Waals surface area (Å²) in [4.78, 5) is 25.6. The largest absolute Gasteiger partial charge is 0.493 e. The summed E-state index contributed by atoms with van der Waals surface area (Å²) >= 11 is 0. The molecule has 7 nitrogen and oxygen atoms in total. The molecule has 3 aromatic rings. The van der Waals surface area contributed by atoms with Crippen LogP contribution in [0.4, 0.5) is 0 Å². The first kappa shape index (κ1) is 22.9. The van der Waals surface area contributed by atoms with E-state index in [0.717, 1.165) is 5.56 Å². The van der Waals surface area contributed by atoms with Crippen LogP contribution in [0.5, 0.6) is 28.7 Å². The maximum absolute atomic E-state index is 13.1. The van der Waals surface area contributed by atoms with Gasteiger partial charge in [-0.25, -0.2) is 4.79 Å². The zero-order chi connectivity index (χ0) is 24.4. The number of aryl methyl sites for hydroxylation is 2. The summed E-state index contributed by atoms with van der Waals surface area (Å²) in [6, 6.07) is 13.7. The van der Waals surface area contributed by atoms with E-state index in [4.69, 9.17) is 23.7 Å². The van der Waals surface area contributed by atoms with Crippen molar-refractivity contribution in [1.29, 1.82) is 0 Å². The van der Waals surface area contributed by atoms with Crippen molar-refractivity contribution in [3.05, 3.63) is 82.1 Å². The van der Waals surface area contributed by atoms with Gasteiger partial charge in [-0.2, -0.15) is 0 Å². The van der Waals surface area contributed by atoms with Crippen LogP contribution < -0.4 is 23.7 Å². The van der Waals surface area contributed by atoms with E-state index in [0.29, 0.717) is 51.0 Å². The van der Waals surface area contributed by atoms with E-state index in [1.165, 1.54) is 21.3 Å². The molecule has 0 spiro atoms. The number of methoxy groups -OCH3 is 3. The number of ether oxygens (including phenoxy) is 5. The molecular weight excluding hydrogens is 436 g/mol. The van der Waals surface area contributed by atoms with E-state index in [1.807, 2.05) is 19.1 Å². The van der Waals surface area contributed by atoms with E-state index in [9.17, 15) is 9.59 Å². The lowest BCUT2D eigenvalue weighted by atomic mass is 10.0. The molecule has 174 valence electrons. The van der Waals surface area contributed by atoms with Crippen molar-refractivity contribution in [3.63, 3.8) is 0 Å². The minimum atomic E-state index is -0.491. The molecule has 0 aliphatic carbocycles. The van der Waals surface area contributed by atoms with Gasteiger partial charge >= 0.3 is 5.97 Å². The second-order valence-corrected chi connectivity index (χ2v) is 7.73. The highest BCUT2D eigenvalue weighted by Crippen LogP contribution is 2.42. The highest BCUT2D eigenvalue weighted by atomic mass is 16.5. The smallest absolute Gasteiger partial charge is 0.343 e. The van der Waals surface area contributed by atoms with Gasteiger partial charge in [-0.3, -0.25) is 4.79 Å². The van der Waals surface area contributed by atoms with Crippen LogP contribution in [0.25, 0.3) is 6.08 Å². The molecule has 0 amide bonds. The lowest BCUT2D eigenvalue weighted by molar-refractivity contribution is 0.0734. The monoisotopic (exact) mass is 460 g/mol. The Hall–Kier alpha value is -4.26. The Morgan fingerprint density at radius 3 is 2.24 bits per heavy atom. The number of carbonyl (C=O) groups excluding carboxylic acids is 2. The number of Topliss-reactive ketones (excluding diaryl/α,β-unsaturated/α-hetero) is 1. The highest BCUT2D eigenvalue weighted by Gasteiger charge is 2.31. The molecule has 0 fully saturated rings. The maximum Gasteiger partial charge on any atom is 0.343 e. The SMILES string of the molecule is COc1ccc(/C=C2\Oc3cc(OC(=O)c4ccc(C)cc4)cc(C)c3C2=O)c(OC)c1OC. The van der Waals surface area contributed by atoms with Crippen LogP contribution >= 0.6 is 0 Å². The van der Waals surface area contributed by atoms with Crippen LogP contribution in [0.3, 0.4) is 0 Å². The van der Waals surface area contributed by atoms with Crippen LogP contribution in [-0.4, -0.2) is 33.1 Å². The fourth-order valence-corrected chi connectivity index (χ4v) is 3.77. The van der Waals surface area contributed by atoms with Gasteiger partial charge in [-0.15, -0.1) is 0 Å². The van der Waals surface area contributed by atoms with E-state index < -0.39 is 5.97 Å². The molecule has 0 N–H and O–H groups in total. The summed E-state index contributed by atoms with van der Waals surface area (Å²) in [5.74, 6) is 1.28. The minimum Gasteiger partial charge on any atom is -0.493 e. The van der Waals surface area contributed by atoms with Crippen LogP contribution in [0, 0.1) is 13.8 Å². The Labute approximate surface area is 197 Å². The predicted octanol–water partition coefficient (Wildman–Crippen LogP) is 5.16. The van der Waals surface area contributed by atoms with Crippen LogP contribution in [0.15, 0.2) is 54.3 Å². The second kappa shape index (κ2) is 9.31. The standard InChI is InChI=1S/C27H24O7/c1-15-6-8-17(9-7-15)27(29)33-19-12-16(2)23-21(14-19)34-22(24(23)28)13-18-10-11-20(30-3)26(32-5)25(18)31-4/h6-14H,1-5H3/b22-13-. The van der Waals surface area contributed by atoms with E-state index in [1.54, 1.807) is 49.4 Å². The molecule has 0 saturated carbocycles. The van der Waals surface area contributed by atoms with Crippen molar-refractivity contribution in [2.75, 3.05) is 21.3 Å². The number of rotatable bonds is 6. The first-order valence-corrected chi connectivity index (χ1v) is 10.5. The highest BCUT2D eigenvalue weighted by molar-refractivity contribution is 6.15. The van der Waals surface area contributed by atoms with E-state index >= 15 is 0 Å². The predicted molar refractivity (Wildman–Crippen MR) is 126 cm³/mol. The fourth-order valence-electron chi connectivity index (χ4n) is 3.77. The van der Waals surface area contributed by atoms with Crippen LogP contribution in [0.2, 0.25) is 0 Å². The van der Waals surface area contributed by atoms with Gasteiger partial charge in [0.05, 0.1) is 32.5 Å². The molecule has 0 bridgehead atoms. The summed E-state index contributed by atoms with van der Waals surface area (Å²) in [6.07, 6.45) is 1.58. The van der Waals surface area contributed by atoms with Gasteiger partial charge in [0, 0.05) is 11.6 Å². The Morgan fingerprint density at radius 1 is 0.882 bits per heavy atom. The van der Waals surface area contributed by atoms with Crippen molar-refractivity contribution in [3.8, 4) is 28.7 Å². The number of allylic oxidation sites excluding steroid dienone is 1. The van der Waals surface area contributed by atoms with Gasteiger partial charge in [0.1, 0.15) is 11.5 Å².